The molecule has 0 spiro atoms. The van der Waals surface area contributed by atoms with Crippen molar-refractivity contribution >= 4 is 53.1 Å². The van der Waals surface area contributed by atoms with E-state index in [0.717, 1.165) is 0 Å². The van der Waals surface area contributed by atoms with E-state index in [2.05, 4.69) is 0 Å². The molecule has 2 aromatic rings. The molecule has 0 saturated carbocycles. The average molecular weight is 396 g/mol. The Morgan fingerprint density at radius 2 is 1.52 bits per heavy atom. The molecule has 0 radical (unpaired) electrons. The summed E-state index contributed by atoms with van der Waals surface area (Å²) in [7, 11) is 9.11. The van der Waals surface area contributed by atoms with E-state index in [4.69, 9.17) is 26.1 Å². The highest BCUT2D eigenvalue weighted by molar-refractivity contribution is 8.77. The summed E-state index contributed by atoms with van der Waals surface area (Å²) in [6.45, 7) is 0. The van der Waals surface area contributed by atoms with Crippen LogP contribution in [0.1, 0.15) is 5.56 Å². The van der Waals surface area contributed by atoms with E-state index in [-0.39, 0.29) is 10.7 Å². The number of hydrogen-bond acceptors (Lipinski definition) is 4. The van der Waals surface area contributed by atoms with Gasteiger partial charge in [0.05, 0.1) is 4.91 Å². The Labute approximate surface area is 154 Å². The second-order valence-electron chi connectivity index (χ2n) is 4.98. The predicted molar refractivity (Wildman–Crippen MR) is 98.4 cm³/mol. The normalized spacial score (nSPS) is 19.1. The van der Waals surface area contributed by atoms with Crippen molar-refractivity contribution in [2.75, 3.05) is 0 Å². The van der Waals surface area contributed by atoms with Crippen LogP contribution in [0.2, 0.25) is 0 Å². The van der Waals surface area contributed by atoms with E-state index < -0.39 is 25.7 Å². The number of carbonyl (C=O) groups is 3. The van der Waals surface area contributed by atoms with Crippen LogP contribution in [0.5, 0.6) is 5.75 Å². The zero-order chi connectivity index (χ0) is 18.0. The summed E-state index contributed by atoms with van der Waals surface area (Å²) in [5.41, 5.74) is 0.634. The number of ether oxygens (including phenoxy) is 1. The molecule has 0 aromatic heterocycles. The van der Waals surface area contributed by atoms with E-state index in [1.165, 1.54) is 18.2 Å². The van der Waals surface area contributed by atoms with Gasteiger partial charge in [0.15, 0.2) is 0 Å². The zero-order valence-corrected chi connectivity index (χ0v) is 14.9. The lowest BCUT2D eigenvalue weighted by molar-refractivity contribution is -0.121. The smallest absolute Gasteiger partial charge is 0.410 e. The Kier molecular flexibility index (Phi) is 4.85. The van der Waals surface area contributed by atoms with Gasteiger partial charge in [-0.15, -0.1) is 0 Å². The Morgan fingerprint density at radius 3 is 2.12 bits per heavy atom. The molecular weight excluding hydrogens is 385 g/mol. The molecule has 0 bridgehead atoms. The van der Waals surface area contributed by atoms with Gasteiger partial charge in [-0.2, -0.15) is 4.90 Å². The number of para-hydroxylation sites is 1. The van der Waals surface area contributed by atoms with Gasteiger partial charge >= 0.3 is 11.3 Å². The highest BCUT2D eigenvalue weighted by Crippen LogP contribution is 2.70. The maximum atomic E-state index is 12.6. The van der Waals surface area contributed by atoms with Crippen molar-refractivity contribution in [1.29, 1.82) is 0 Å². The second kappa shape index (κ2) is 6.92. The molecule has 1 heterocycles. The Bertz CT molecular complexity index is 869. The Balaban J connectivity index is 1.92. The molecule has 25 heavy (non-hydrogen) atoms. The summed E-state index contributed by atoms with van der Waals surface area (Å²) >= 11 is 0. The molecule has 1 saturated heterocycles. The highest BCUT2D eigenvalue weighted by atomic mass is 36.0. The van der Waals surface area contributed by atoms with Gasteiger partial charge in [-0.05, 0) is 45.1 Å². The van der Waals surface area contributed by atoms with Crippen LogP contribution in [-0.2, 0) is 4.79 Å². The molecule has 0 unspecified atom stereocenters. The van der Waals surface area contributed by atoms with Gasteiger partial charge in [-0.25, -0.2) is 4.79 Å². The number of halogens is 2. The molecule has 0 aliphatic carbocycles. The maximum absolute atomic E-state index is 12.6. The van der Waals surface area contributed by atoms with Crippen molar-refractivity contribution in [3.63, 3.8) is 0 Å². The number of benzene rings is 2. The first-order valence-electron chi connectivity index (χ1n) is 7.06. The van der Waals surface area contributed by atoms with Crippen molar-refractivity contribution < 1.29 is 19.1 Å². The lowest BCUT2D eigenvalue weighted by Crippen LogP contribution is -2.37. The van der Waals surface area contributed by atoms with Crippen LogP contribution in [0.4, 0.5) is 9.59 Å². The SMILES string of the molecule is O=C(Oc1ccccc1)N1C(=O)C(=Cc2ccccc2)S(Cl)(Cl)C1=O. The molecule has 3 rings (SSSR count). The van der Waals surface area contributed by atoms with Crippen molar-refractivity contribution in [2.45, 2.75) is 0 Å². The van der Waals surface area contributed by atoms with Crippen LogP contribution in [0, 0.1) is 0 Å². The van der Waals surface area contributed by atoms with Crippen molar-refractivity contribution in [3.05, 3.63) is 71.1 Å². The van der Waals surface area contributed by atoms with Crippen LogP contribution in [0.3, 0.4) is 0 Å². The lowest BCUT2D eigenvalue weighted by Gasteiger charge is -2.15. The Morgan fingerprint density at radius 1 is 0.960 bits per heavy atom. The lowest BCUT2D eigenvalue weighted by atomic mass is 10.2. The molecule has 0 N–H and O–H groups in total. The van der Waals surface area contributed by atoms with Gasteiger partial charge in [0.1, 0.15) is 5.75 Å². The van der Waals surface area contributed by atoms with E-state index in [1.54, 1.807) is 48.5 Å². The third-order valence-electron chi connectivity index (χ3n) is 3.32. The molecule has 2 aromatic carbocycles. The molecule has 128 valence electrons. The fraction of sp³-hybridized carbons (Fsp3) is 0. The largest absolute Gasteiger partial charge is 0.430 e. The first-order chi connectivity index (χ1) is 11.9. The Hall–Kier alpha value is -2.28. The minimum absolute atomic E-state index is 0.128. The summed E-state index contributed by atoms with van der Waals surface area (Å²) in [6.07, 6.45) is 0.265. The van der Waals surface area contributed by atoms with Gasteiger partial charge in [0.25, 0.3) is 5.91 Å². The number of rotatable bonds is 2. The number of imide groups is 3. The molecule has 5 nitrogen and oxygen atoms in total. The number of hydrogen-bond donors (Lipinski definition) is 0. The van der Waals surface area contributed by atoms with Gasteiger partial charge in [-0.3, -0.25) is 9.59 Å². The summed E-state index contributed by atoms with van der Waals surface area (Å²) < 4.78 is 5.05. The van der Waals surface area contributed by atoms with Crippen LogP contribution in [-0.4, -0.2) is 22.1 Å². The quantitative estimate of drug-likeness (QED) is 0.647. The van der Waals surface area contributed by atoms with Gasteiger partial charge in [0.2, 0.25) is 0 Å². The number of nitrogens with zero attached hydrogens (tertiary/aromatic N) is 1. The fourth-order valence-electron chi connectivity index (χ4n) is 2.14. The standard InChI is InChI=1S/C17H11Cl2NO4S/c18-25(19)14(11-12-7-3-1-4-8-12)15(21)20(17(25)23)16(22)24-13-9-5-2-6-10-13/h1-11H. The van der Waals surface area contributed by atoms with Gasteiger partial charge in [-0.1, -0.05) is 48.5 Å². The summed E-state index contributed by atoms with van der Waals surface area (Å²) in [4.78, 5) is 37.4. The average Bonchev–Trinajstić information content (AvgIpc) is 2.76. The van der Waals surface area contributed by atoms with E-state index >= 15 is 0 Å². The van der Waals surface area contributed by atoms with E-state index in [1.807, 2.05) is 0 Å². The van der Waals surface area contributed by atoms with Crippen LogP contribution >= 0.6 is 29.8 Å². The molecule has 1 aliphatic heterocycles. The van der Waals surface area contributed by atoms with Crippen molar-refractivity contribution in [1.82, 2.24) is 4.90 Å². The molecule has 3 amide bonds. The first-order valence-corrected chi connectivity index (χ1v) is 10.3. The van der Waals surface area contributed by atoms with Crippen LogP contribution in [0.25, 0.3) is 6.08 Å². The highest BCUT2D eigenvalue weighted by Gasteiger charge is 2.54. The van der Waals surface area contributed by atoms with Gasteiger partial charge < -0.3 is 4.74 Å². The minimum Gasteiger partial charge on any atom is -0.410 e. The number of amides is 3. The van der Waals surface area contributed by atoms with E-state index in [0.29, 0.717) is 10.5 Å². The predicted octanol–water partition coefficient (Wildman–Crippen LogP) is 5.30. The summed E-state index contributed by atoms with van der Waals surface area (Å²) in [5, 5.41) is -0.982. The molecule has 8 heteroatoms. The van der Waals surface area contributed by atoms with Crippen molar-refractivity contribution in [2.24, 2.45) is 0 Å². The molecular formula is C17H11Cl2NO4S. The molecule has 0 atom stereocenters. The summed E-state index contributed by atoms with van der Waals surface area (Å²) in [6, 6.07) is 16.8. The molecule has 1 aliphatic rings. The third kappa shape index (κ3) is 3.42. The zero-order valence-electron chi connectivity index (χ0n) is 12.6. The second-order valence-corrected chi connectivity index (χ2v) is 9.95. The van der Waals surface area contributed by atoms with Crippen LogP contribution < -0.4 is 4.74 Å². The topological polar surface area (TPSA) is 63.7 Å². The van der Waals surface area contributed by atoms with Gasteiger partial charge in [0, 0.05) is 8.46 Å². The first kappa shape index (κ1) is 17.5. The van der Waals surface area contributed by atoms with E-state index in [9.17, 15) is 14.4 Å². The van der Waals surface area contributed by atoms with Crippen LogP contribution in [0.15, 0.2) is 65.6 Å². The summed E-state index contributed by atoms with van der Waals surface area (Å²) in [5.74, 6) is -0.687. The molecule has 1 fully saturated rings. The monoisotopic (exact) mass is 395 g/mol. The maximum Gasteiger partial charge on any atom is 0.430 e. The van der Waals surface area contributed by atoms with Crippen molar-refractivity contribution in [3.8, 4) is 5.75 Å². The fourth-order valence-corrected chi connectivity index (χ4v) is 4.39. The number of carbonyl (C=O) groups excluding carboxylic acids is 3. The third-order valence-corrected chi connectivity index (χ3v) is 6.58. The minimum atomic E-state index is -3.16.